The lowest BCUT2D eigenvalue weighted by molar-refractivity contribution is -0.112. The van der Waals surface area contributed by atoms with Crippen LogP contribution in [0.3, 0.4) is 0 Å². The Morgan fingerprint density at radius 1 is 0.865 bits per heavy atom. The van der Waals surface area contributed by atoms with Gasteiger partial charge in [0.2, 0.25) is 0 Å². The molecule has 0 aliphatic carbocycles. The van der Waals surface area contributed by atoms with E-state index in [9.17, 15) is 19.5 Å². The number of aliphatic hydroxyl groups excluding tert-OH is 1. The lowest BCUT2D eigenvalue weighted by atomic mass is 9.94. The second-order valence-corrected chi connectivity index (χ2v) is 9.65. The molecular formula is C29H38N2O6. The highest BCUT2D eigenvalue weighted by molar-refractivity contribution is 5.69. The fourth-order valence-corrected chi connectivity index (χ4v) is 4.48. The Hall–Kier alpha value is -3.39. The Kier molecular flexibility index (Phi) is 11.4. The maximum absolute atomic E-state index is 12.0. The largest absolute Gasteiger partial charge is 0.445 e. The number of nitrogens with zero attached hydrogens (tertiary/aromatic N) is 2. The minimum Gasteiger partial charge on any atom is -0.445 e. The second-order valence-electron chi connectivity index (χ2n) is 9.65. The zero-order valence-electron chi connectivity index (χ0n) is 21.5. The number of hydrogen-bond acceptors (Lipinski definition) is 6. The summed E-state index contributed by atoms with van der Waals surface area (Å²) in [5, 5.41) is 9.61. The molecule has 8 nitrogen and oxygen atoms in total. The van der Waals surface area contributed by atoms with Crippen LogP contribution in [0.25, 0.3) is 0 Å². The van der Waals surface area contributed by atoms with Crippen molar-refractivity contribution >= 4 is 18.5 Å². The lowest BCUT2D eigenvalue weighted by Gasteiger charge is -2.33. The molecule has 2 saturated heterocycles. The molecular weight excluding hydrogens is 472 g/mol. The van der Waals surface area contributed by atoms with Crippen molar-refractivity contribution in [3.8, 4) is 0 Å². The van der Waals surface area contributed by atoms with Gasteiger partial charge in [-0.15, -0.1) is 0 Å². The fourth-order valence-electron chi connectivity index (χ4n) is 4.48. The topological polar surface area (TPSA) is 96.4 Å². The number of likely N-dealkylation sites (tertiary alicyclic amines) is 2. The average molecular weight is 511 g/mol. The minimum atomic E-state index is -0.371. The first-order chi connectivity index (χ1) is 18.0. The Balaban J connectivity index is 0.000000206. The molecule has 2 amide bonds. The summed E-state index contributed by atoms with van der Waals surface area (Å²) in [6.07, 6.45) is 3.58. The number of ether oxygens (including phenoxy) is 2. The van der Waals surface area contributed by atoms with Crippen LogP contribution in [0, 0.1) is 11.8 Å². The van der Waals surface area contributed by atoms with Crippen LogP contribution in [0.1, 0.15) is 43.7 Å². The number of benzene rings is 2. The van der Waals surface area contributed by atoms with Gasteiger partial charge in [-0.2, -0.15) is 0 Å². The molecule has 2 aliphatic rings. The summed E-state index contributed by atoms with van der Waals surface area (Å²) in [4.78, 5) is 37.8. The van der Waals surface area contributed by atoms with E-state index in [0.717, 1.165) is 49.6 Å². The van der Waals surface area contributed by atoms with Gasteiger partial charge < -0.3 is 29.2 Å². The first-order valence-electron chi connectivity index (χ1n) is 13.0. The first kappa shape index (κ1) is 28.2. The monoisotopic (exact) mass is 510 g/mol. The first-order valence-corrected chi connectivity index (χ1v) is 13.0. The van der Waals surface area contributed by atoms with E-state index in [0.29, 0.717) is 26.2 Å². The third kappa shape index (κ3) is 9.53. The van der Waals surface area contributed by atoms with Gasteiger partial charge in [0.15, 0.2) is 0 Å². The second kappa shape index (κ2) is 15.0. The van der Waals surface area contributed by atoms with E-state index >= 15 is 0 Å². The molecule has 0 radical (unpaired) electrons. The standard InChI is InChI=1S/C15H21NO3.C14H17NO3/c1-12(17)14-8-5-9-16(10-14)15(18)19-11-13-6-3-2-4-7-13;16-10-13-7-4-8-15(9-13)14(17)18-11-12-5-2-1-3-6-12/h2-4,6-7,12,14,17H,5,8-11H2,1H3;1-3,5-6,10,13H,4,7-9,11H2/t12-,14+;13-/m10/s1. The summed E-state index contributed by atoms with van der Waals surface area (Å²) in [6.45, 7) is 4.83. The van der Waals surface area contributed by atoms with Crippen molar-refractivity contribution in [1.82, 2.24) is 9.80 Å². The van der Waals surface area contributed by atoms with Gasteiger partial charge in [0, 0.05) is 38.0 Å². The minimum absolute atomic E-state index is 0.0389. The van der Waals surface area contributed by atoms with Gasteiger partial charge in [0.1, 0.15) is 19.5 Å². The van der Waals surface area contributed by atoms with Crippen molar-refractivity contribution in [1.29, 1.82) is 0 Å². The highest BCUT2D eigenvalue weighted by Crippen LogP contribution is 2.20. The molecule has 0 spiro atoms. The number of carbonyl (C=O) groups excluding carboxylic acids is 3. The van der Waals surface area contributed by atoms with Crippen molar-refractivity contribution in [3.05, 3.63) is 71.8 Å². The maximum atomic E-state index is 12.0. The van der Waals surface area contributed by atoms with E-state index in [4.69, 9.17) is 9.47 Å². The molecule has 200 valence electrons. The molecule has 4 rings (SSSR count). The SMILES string of the molecule is C[C@@H](O)[C@H]1CCCN(C(=O)OCc2ccccc2)C1.O=C[C@H]1CCCN(C(=O)OCc2ccccc2)C1. The number of aliphatic hydroxyl groups is 1. The zero-order valence-corrected chi connectivity index (χ0v) is 21.5. The van der Waals surface area contributed by atoms with Crippen LogP contribution in [-0.2, 0) is 27.5 Å². The predicted molar refractivity (Wildman–Crippen MR) is 140 cm³/mol. The molecule has 2 aromatic rings. The number of rotatable bonds is 6. The van der Waals surface area contributed by atoms with Gasteiger partial charge in [-0.3, -0.25) is 0 Å². The number of hydrogen-bond donors (Lipinski definition) is 1. The lowest BCUT2D eigenvalue weighted by Crippen LogP contribution is -2.43. The molecule has 3 atom stereocenters. The Labute approximate surface area is 219 Å². The van der Waals surface area contributed by atoms with Crippen LogP contribution in [0.5, 0.6) is 0 Å². The van der Waals surface area contributed by atoms with Crippen molar-refractivity contribution in [2.45, 2.75) is 51.9 Å². The number of amides is 2. The van der Waals surface area contributed by atoms with Crippen LogP contribution >= 0.6 is 0 Å². The Bertz CT molecular complexity index is 969. The molecule has 2 aliphatic heterocycles. The zero-order chi connectivity index (χ0) is 26.5. The molecule has 8 heteroatoms. The van der Waals surface area contributed by atoms with Gasteiger partial charge in [-0.05, 0) is 43.7 Å². The van der Waals surface area contributed by atoms with E-state index in [1.54, 1.807) is 16.7 Å². The van der Waals surface area contributed by atoms with Gasteiger partial charge in [-0.1, -0.05) is 60.7 Å². The molecule has 2 heterocycles. The average Bonchev–Trinajstić information content (AvgIpc) is 2.96. The highest BCUT2D eigenvalue weighted by Gasteiger charge is 2.27. The van der Waals surface area contributed by atoms with Crippen molar-refractivity contribution < 1.29 is 29.0 Å². The van der Waals surface area contributed by atoms with E-state index in [-0.39, 0.29) is 36.7 Å². The summed E-state index contributed by atoms with van der Waals surface area (Å²) < 4.78 is 10.5. The summed E-state index contributed by atoms with van der Waals surface area (Å²) in [5.74, 6) is 0.126. The van der Waals surface area contributed by atoms with E-state index in [2.05, 4.69) is 0 Å². The van der Waals surface area contributed by atoms with Crippen LogP contribution in [0.2, 0.25) is 0 Å². The predicted octanol–water partition coefficient (Wildman–Crippen LogP) is 4.65. The summed E-state index contributed by atoms with van der Waals surface area (Å²) >= 11 is 0. The van der Waals surface area contributed by atoms with Gasteiger partial charge >= 0.3 is 12.2 Å². The van der Waals surface area contributed by atoms with Crippen LogP contribution in [-0.4, -0.2) is 65.7 Å². The van der Waals surface area contributed by atoms with E-state index in [1.807, 2.05) is 60.7 Å². The quantitative estimate of drug-likeness (QED) is 0.569. The third-order valence-corrected chi connectivity index (χ3v) is 6.72. The molecule has 37 heavy (non-hydrogen) atoms. The molecule has 0 aromatic heterocycles. The molecule has 0 unspecified atom stereocenters. The molecule has 1 N–H and O–H groups in total. The van der Waals surface area contributed by atoms with Gasteiger partial charge in [0.25, 0.3) is 0 Å². The van der Waals surface area contributed by atoms with Crippen LogP contribution < -0.4 is 0 Å². The Morgan fingerprint density at radius 2 is 1.35 bits per heavy atom. The van der Waals surface area contributed by atoms with Crippen LogP contribution in [0.15, 0.2) is 60.7 Å². The summed E-state index contributed by atoms with van der Waals surface area (Å²) in [6, 6.07) is 19.2. The summed E-state index contributed by atoms with van der Waals surface area (Å²) in [7, 11) is 0. The molecule has 0 saturated carbocycles. The van der Waals surface area contributed by atoms with Gasteiger partial charge in [0.05, 0.1) is 6.10 Å². The number of aldehydes is 1. The smallest absolute Gasteiger partial charge is 0.410 e. The van der Waals surface area contributed by atoms with Crippen molar-refractivity contribution in [2.24, 2.45) is 11.8 Å². The molecule has 0 bridgehead atoms. The fraction of sp³-hybridized carbons (Fsp3) is 0.483. The maximum Gasteiger partial charge on any atom is 0.410 e. The normalized spacial score (nSPS) is 20.2. The van der Waals surface area contributed by atoms with Gasteiger partial charge in [-0.25, -0.2) is 9.59 Å². The highest BCUT2D eigenvalue weighted by atomic mass is 16.6. The van der Waals surface area contributed by atoms with Crippen LogP contribution in [0.4, 0.5) is 9.59 Å². The summed E-state index contributed by atoms with van der Waals surface area (Å²) in [5.41, 5.74) is 1.95. The number of carbonyl (C=O) groups is 3. The van der Waals surface area contributed by atoms with Crippen molar-refractivity contribution in [2.75, 3.05) is 26.2 Å². The molecule has 2 aromatic carbocycles. The van der Waals surface area contributed by atoms with E-state index < -0.39 is 0 Å². The Morgan fingerprint density at radius 3 is 1.84 bits per heavy atom. The molecule has 2 fully saturated rings. The van der Waals surface area contributed by atoms with Crippen molar-refractivity contribution in [3.63, 3.8) is 0 Å². The number of piperidine rings is 2. The van der Waals surface area contributed by atoms with E-state index in [1.165, 1.54) is 0 Å². The third-order valence-electron chi connectivity index (χ3n) is 6.72.